The molecule has 7 heteroatoms. The van der Waals surface area contributed by atoms with Crippen molar-refractivity contribution in [3.05, 3.63) is 42.1 Å². The van der Waals surface area contributed by atoms with Crippen molar-refractivity contribution in [1.29, 1.82) is 0 Å². The quantitative estimate of drug-likeness (QED) is 0.764. The summed E-state index contributed by atoms with van der Waals surface area (Å²) in [7, 11) is 7.10. The van der Waals surface area contributed by atoms with E-state index in [1.807, 2.05) is 37.2 Å². The molecule has 0 saturated carbocycles. The molecule has 1 aromatic carbocycles. The van der Waals surface area contributed by atoms with Crippen LogP contribution in [0.25, 0.3) is 0 Å². The Balaban J connectivity index is 1.99. The van der Waals surface area contributed by atoms with Crippen molar-refractivity contribution in [2.75, 3.05) is 46.7 Å². The number of hydrogen-bond acceptors (Lipinski definition) is 6. The van der Waals surface area contributed by atoms with Crippen LogP contribution >= 0.6 is 0 Å². The Morgan fingerprint density at radius 3 is 2.48 bits per heavy atom. The lowest BCUT2D eigenvalue weighted by molar-refractivity contribution is 0.0950. The maximum absolute atomic E-state index is 12.0. The highest BCUT2D eigenvalue weighted by atomic mass is 16.5. The van der Waals surface area contributed by atoms with E-state index in [0.717, 1.165) is 12.2 Å². The molecule has 2 N–H and O–H groups in total. The number of amides is 1. The first kappa shape index (κ1) is 18.5. The monoisotopic (exact) mass is 344 g/mol. The number of nitrogens with one attached hydrogen (secondary N) is 2. The number of likely N-dealkylation sites (N-methyl/N-ethyl adjacent to an activating group) is 1. The Labute approximate surface area is 148 Å². The maximum atomic E-state index is 12.0. The largest absolute Gasteiger partial charge is 0.493 e. The number of anilines is 2. The Morgan fingerprint density at radius 1 is 1.12 bits per heavy atom. The Kier molecular flexibility index (Phi) is 6.59. The Hall–Kier alpha value is -2.80. The van der Waals surface area contributed by atoms with E-state index < -0.39 is 0 Å². The summed E-state index contributed by atoms with van der Waals surface area (Å²) in [6.07, 6.45) is 1.55. The van der Waals surface area contributed by atoms with Crippen molar-refractivity contribution >= 4 is 17.4 Å². The second-order valence-corrected chi connectivity index (χ2v) is 5.69. The molecule has 7 nitrogen and oxygen atoms in total. The van der Waals surface area contributed by atoms with Gasteiger partial charge in [0.25, 0.3) is 5.91 Å². The zero-order valence-corrected chi connectivity index (χ0v) is 15.0. The summed E-state index contributed by atoms with van der Waals surface area (Å²) in [5.41, 5.74) is 1.34. The molecule has 0 aliphatic heterocycles. The van der Waals surface area contributed by atoms with Crippen LogP contribution in [0.15, 0.2) is 36.5 Å². The molecule has 0 radical (unpaired) electrons. The summed E-state index contributed by atoms with van der Waals surface area (Å²) >= 11 is 0. The molecule has 0 fully saturated rings. The normalized spacial score (nSPS) is 10.4. The van der Waals surface area contributed by atoms with Gasteiger partial charge in [0, 0.05) is 31.0 Å². The van der Waals surface area contributed by atoms with Crippen molar-refractivity contribution in [2.45, 2.75) is 0 Å². The van der Waals surface area contributed by atoms with Gasteiger partial charge in [0.05, 0.1) is 19.8 Å². The van der Waals surface area contributed by atoms with Crippen molar-refractivity contribution in [2.24, 2.45) is 0 Å². The minimum Gasteiger partial charge on any atom is -0.493 e. The predicted molar refractivity (Wildman–Crippen MR) is 98.0 cm³/mol. The van der Waals surface area contributed by atoms with Gasteiger partial charge in [-0.1, -0.05) is 0 Å². The molecule has 0 spiro atoms. The molecule has 1 amide bonds. The summed E-state index contributed by atoms with van der Waals surface area (Å²) in [6, 6.07) is 9.00. The van der Waals surface area contributed by atoms with Gasteiger partial charge >= 0.3 is 0 Å². The number of hydrogen-bond donors (Lipinski definition) is 2. The molecule has 25 heavy (non-hydrogen) atoms. The number of pyridine rings is 1. The number of carbonyl (C=O) groups excluding carboxylic acids is 1. The van der Waals surface area contributed by atoms with E-state index >= 15 is 0 Å². The molecule has 0 unspecified atom stereocenters. The molecule has 1 aromatic heterocycles. The van der Waals surface area contributed by atoms with E-state index in [0.29, 0.717) is 29.4 Å². The van der Waals surface area contributed by atoms with Crippen molar-refractivity contribution < 1.29 is 14.3 Å². The van der Waals surface area contributed by atoms with E-state index in [4.69, 9.17) is 9.47 Å². The average molecular weight is 344 g/mol. The van der Waals surface area contributed by atoms with Crippen LogP contribution in [-0.4, -0.2) is 57.2 Å². The number of ether oxygens (including phenoxy) is 2. The summed E-state index contributed by atoms with van der Waals surface area (Å²) in [4.78, 5) is 18.3. The molecule has 2 rings (SSSR count). The fourth-order valence-corrected chi connectivity index (χ4v) is 2.16. The zero-order chi connectivity index (χ0) is 18.2. The van der Waals surface area contributed by atoms with E-state index in [1.165, 1.54) is 0 Å². The van der Waals surface area contributed by atoms with Crippen LogP contribution in [0.4, 0.5) is 11.5 Å². The van der Waals surface area contributed by atoms with Crippen molar-refractivity contribution in [3.63, 3.8) is 0 Å². The molecule has 0 aliphatic rings. The molecule has 0 bridgehead atoms. The zero-order valence-electron chi connectivity index (χ0n) is 15.0. The summed E-state index contributed by atoms with van der Waals surface area (Å²) in [5, 5.41) is 6.02. The van der Waals surface area contributed by atoms with Gasteiger partial charge in [-0.2, -0.15) is 0 Å². The van der Waals surface area contributed by atoms with Gasteiger partial charge in [0.1, 0.15) is 5.82 Å². The lowest BCUT2D eigenvalue weighted by Crippen LogP contribution is -2.31. The molecule has 1 heterocycles. The molecular weight excluding hydrogens is 320 g/mol. The minimum atomic E-state index is -0.132. The standard InChI is InChI=1S/C18H24N4O3/c1-22(2)10-9-19-18(23)13-5-8-17(20-12-13)21-14-6-7-15(24-3)16(11-14)25-4/h5-8,11-12H,9-10H2,1-4H3,(H,19,23)(H,20,21). The van der Waals surface area contributed by atoms with Gasteiger partial charge in [-0.3, -0.25) is 4.79 Å². The molecule has 0 atom stereocenters. The highest BCUT2D eigenvalue weighted by molar-refractivity contribution is 5.94. The van der Waals surface area contributed by atoms with Crippen LogP contribution in [-0.2, 0) is 0 Å². The van der Waals surface area contributed by atoms with E-state index in [-0.39, 0.29) is 5.91 Å². The average Bonchev–Trinajstić information content (AvgIpc) is 2.61. The SMILES string of the molecule is COc1ccc(Nc2ccc(C(=O)NCCN(C)C)cn2)cc1OC. The smallest absolute Gasteiger partial charge is 0.252 e. The second kappa shape index (κ2) is 8.89. The van der Waals surface area contributed by atoms with Gasteiger partial charge in [0.2, 0.25) is 0 Å². The topological polar surface area (TPSA) is 75.7 Å². The fourth-order valence-electron chi connectivity index (χ4n) is 2.16. The van der Waals surface area contributed by atoms with Crippen LogP contribution in [0.3, 0.4) is 0 Å². The third-order valence-corrected chi connectivity index (χ3v) is 3.53. The van der Waals surface area contributed by atoms with Gasteiger partial charge in [-0.05, 0) is 38.4 Å². The molecular formula is C18H24N4O3. The van der Waals surface area contributed by atoms with Crippen LogP contribution in [0.5, 0.6) is 11.5 Å². The lowest BCUT2D eigenvalue weighted by Gasteiger charge is -2.12. The highest BCUT2D eigenvalue weighted by Crippen LogP contribution is 2.30. The minimum absolute atomic E-state index is 0.132. The van der Waals surface area contributed by atoms with Crippen LogP contribution in [0.2, 0.25) is 0 Å². The first-order chi connectivity index (χ1) is 12.0. The number of aromatic nitrogens is 1. The van der Waals surface area contributed by atoms with E-state index in [1.54, 1.807) is 32.5 Å². The first-order valence-corrected chi connectivity index (χ1v) is 7.91. The lowest BCUT2D eigenvalue weighted by atomic mass is 10.2. The summed E-state index contributed by atoms with van der Waals surface area (Å²) < 4.78 is 10.5. The molecule has 0 aliphatic carbocycles. The number of rotatable bonds is 8. The van der Waals surface area contributed by atoms with Crippen LogP contribution in [0, 0.1) is 0 Å². The number of carbonyl (C=O) groups is 1. The van der Waals surface area contributed by atoms with E-state index in [2.05, 4.69) is 15.6 Å². The van der Waals surface area contributed by atoms with Gasteiger partial charge in [-0.25, -0.2) is 4.98 Å². The summed E-state index contributed by atoms with van der Waals surface area (Å²) in [6.45, 7) is 1.38. The maximum Gasteiger partial charge on any atom is 0.252 e. The van der Waals surface area contributed by atoms with Gasteiger partial charge < -0.3 is 25.0 Å². The first-order valence-electron chi connectivity index (χ1n) is 7.91. The number of nitrogens with zero attached hydrogens (tertiary/aromatic N) is 2. The summed E-state index contributed by atoms with van der Waals surface area (Å²) in [5.74, 6) is 1.79. The molecule has 2 aromatic rings. The predicted octanol–water partition coefficient (Wildman–Crippen LogP) is 2.13. The van der Waals surface area contributed by atoms with Crippen LogP contribution in [0.1, 0.15) is 10.4 Å². The third-order valence-electron chi connectivity index (χ3n) is 3.53. The third kappa shape index (κ3) is 5.36. The van der Waals surface area contributed by atoms with E-state index in [9.17, 15) is 4.79 Å². The Morgan fingerprint density at radius 2 is 1.88 bits per heavy atom. The van der Waals surface area contributed by atoms with Crippen LogP contribution < -0.4 is 20.1 Å². The van der Waals surface area contributed by atoms with Crippen molar-refractivity contribution in [3.8, 4) is 11.5 Å². The fraction of sp³-hybridized carbons (Fsp3) is 0.333. The molecule has 0 saturated heterocycles. The van der Waals surface area contributed by atoms with Crippen molar-refractivity contribution in [1.82, 2.24) is 15.2 Å². The Bertz CT molecular complexity index is 702. The molecule has 134 valence electrons. The van der Waals surface area contributed by atoms with Gasteiger partial charge in [0.15, 0.2) is 11.5 Å². The second-order valence-electron chi connectivity index (χ2n) is 5.69. The highest BCUT2D eigenvalue weighted by Gasteiger charge is 2.08. The number of methoxy groups -OCH3 is 2. The number of benzene rings is 1. The van der Waals surface area contributed by atoms with Gasteiger partial charge in [-0.15, -0.1) is 0 Å².